The van der Waals surface area contributed by atoms with Gasteiger partial charge in [-0.15, -0.1) is 0 Å². The zero-order chi connectivity index (χ0) is 17.7. The number of unbranched alkanes of at least 4 members (excludes halogenated alkanes) is 7. The van der Waals surface area contributed by atoms with Crippen molar-refractivity contribution in [2.45, 2.75) is 65.2 Å². The van der Waals surface area contributed by atoms with E-state index in [2.05, 4.69) is 35.4 Å². The van der Waals surface area contributed by atoms with E-state index in [0.717, 1.165) is 30.2 Å². The van der Waals surface area contributed by atoms with Gasteiger partial charge in [0.2, 0.25) is 0 Å². The molecule has 0 N–H and O–H groups in total. The predicted molar refractivity (Wildman–Crippen MR) is 105 cm³/mol. The fourth-order valence-electron chi connectivity index (χ4n) is 2.79. The molecule has 3 nitrogen and oxygen atoms in total. The van der Waals surface area contributed by atoms with Crippen LogP contribution in [0.1, 0.15) is 70.8 Å². The topological polar surface area (TPSA) is 35.0 Å². The second kappa shape index (κ2) is 11.6. The molecule has 3 heteroatoms. The van der Waals surface area contributed by atoms with Crippen LogP contribution in [0.3, 0.4) is 0 Å². The minimum atomic E-state index is 0.738. The first-order chi connectivity index (χ1) is 12.3. The Labute approximate surface area is 152 Å². The lowest BCUT2D eigenvalue weighted by Crippen LogP contribution is -1.99. The monoisotopic (exact) mass is 339 g/mol. The minimum Gasteiger partial charge on any atom is -0.490 e. The molecule has 2 aromatic rings. The normalized spacial score (nSPS) is 10.8. The number of nitrogens with zero attached hydrogens (tertiary/aromatic N) is 2. The minimum absolute atomic E-state index is 0.738. The maximum atomic E-state index is 5.75. The van der Waals surface area contributed by atoms with Gasteiger partial charge in [0, 0.05) is 5.56 Å². The van der Waals surface area contributed by atoms with Crippen LogP contribution >= 0.6 is 0 Å². The van der Waals surface area contributed by atoms with Crippen LogP contribution in [0.15, 0.2) is 36.7 Å². The summed E-state index contributed by atoms with van der Waals surface area (Å²) >= 11 is 0. The van der Waals surface area contributed by atoms with Crippen molar-refractivity contribution in [2.75, 3.05) is 6.61 Å². The van der Waals surface area contributed by atoms with Crippen LogP contribution in [0.2, 0.25) is 0 Å². The van der Waals surface area contributed by atoms with E-state index in [1.165, 1.54) is 50.5 Å². The first-order valence-corrected chi connectivity index (χ1v) is 9.68. The first kappa shape index (κ1) is 19.4. The summed E-state index contributed by atoms with van der Waals surface area (Å²) in [5.74, 6) is 1.49. The highest BCUT2D eigenvalue weighted by molar-refractivity contribution is 5.55. The van der Waals surface area contributed by atoms with Crippen LogP contribution in [0.25, 0.3) is 11.4 Å². The number of ether oxygens (including phenoxy) is 1. The summed E-state index contributed by atoms with van der Waals surface area (Å²) in [6.07, 6.45) is 16.1. The first-order valence-electron chi connectivity index (χ1n) is 9.68. The van der Waals surface area contributed by atoms with Crippen LogP contribution in [0, 0.1) is 6.42 Å². The average molecular weight is 340 g/mol. The summed E-state index contributed by atoms with van der Waals surface area (Å²) in [4.78, 5) is 8.83. The molecule has 1 heterocycles. The van der Waals surface area contributed by atoms with Gasteiger partial charge in [-0.2, -0.15) is 0 Å². The molecule has 0 spiro atoms. The van der Waals surface area contributed by atoms with Crippen molar-refractivity contribution < 1.29 is 4.74 Å². The molecular weight excluding hydrogens is 308 g/mol. The summed E-state index contributed by atoms with van der Waals surface area (Å²) in [7, 11) is 0. The third kappa shape index (κ3) is 7.25. The predicted octanol–water partition coefficient (Wildman–Crippen LogP) is 6.24. The zero-order valence-corrected chi connectivity index (χ0v) is 15.7. The standard InChI is InChI=1S/C22H31N2O/c1-3-5-6-7-8-9-10-11-16-25-21-17-23-22(24-18-21)20-14-12-19(4-2)13-15-20/h4,12-15,17-18H,3,5-11,16H2,1-2H3. The van der Waals surface area contributed by atoms with E-state index in [1.54, 1.807) is 12.4 Å². The van der Waals surface area contributed by atoms with Crippen molar-refractivity contribution in [3.05, 3.63) is 48.6 Å². The van der Waals surface area contributed by atoms with Gasteiger partial charge in [0.15, 0.2) is 11.6 Å². The van der Waals surface area contributed by atoms with E-state index in [1.807, 2.05) is 19.1 Å². The molecule has 1 aromatic carbocycles. The Bertz CT molecular complexity index is 578. The highest BCUT2D eigenvalue weighted by Gasteiger charge is 2.02. The molecule has 0 amide bonds. The summed E-state index contributed by atoms with van der Waals surface area (Å²) in [6, 6.07) is 8.24. The van der Waals surface area contributed by atoms with E-state index in [9.17, 15) is 0 Å². The van der Waals surface area contributed by atoms with Gasteiger partial charge in [-0.3, -0.25) is 0 Å². The molecule has 0 atom stereocenters. The van der Waals surface area contributed by atoms with E-state index in [0.29, 0.717) is 0 Å². The Morgan fingerprint density at radius 2 is 1.44 bits per heavy atom. The average Bonchev–Trinajstić information content (AvgIpc) is 2.67. The highest BCUT2D eigenvalue weighted by Crippen LogP contribution is 2.18. The Kier molecular flexibility index (Phi) is 9.03. The molecule has 0 aliphatic heterocycles. The molecule has 1 aromatic heterocycles. The van der Waals surface area contributed by atoms with Gasteiger partial charge in [-0.1, -0.05) is 83.1 Å². The van der Waals surface area contributed by atoms with E-state index in [-0.39, 0.29) is 0 Å². The van der Waals surface area contributed by atoms with E-state index >= 15 is 0 Å². The zero-order valence-electron chi connectivity index (χ0n) is 15.7. The Morgan fingerprint density at radius 1 is 0.840 bits per heavy atom. The number of rotatable bonds is 12. The highest BCUT2D eigenvalue weighted by atomic mass is 16.5. The quantitative estimate of drug-likeness (QED) is 0.430. The lowest BCUT2D eigenvalue weighted by atomic mass is 10.1. The molecule has 0 aliphatic rings. The number of benzene rings is 1. The summed E-state index contributed by atoms with van der Waals surface area (Å²) in [5.41, 5.74) is 2.23. The molecule has 0 fully saturated rings. The largest absolute Gasteiger partial charge is 0.490 e. The third-order valence-corrected chi connectivity index (χ3v) is 4.40. The van der Waals surface area contributed by atoms with Crippen molar-refractivity contribution in [1.29, 1.82) is 0 Å². The van der Waals surface area contributed by atoms with Crippen molar-refractivity contribution in [3.8, 4) is 17.1 Å². The van der Waals surface area contributed by atoms with Gasteiger partial charge < -0.3 is 4.74 Å². The maximum absolute atomic E-state index is 5.75. The molecular formula is C22H31N2O. The van der Waals surface area contributed by atoms with Gasteiger partial charge >= 0.3 is 0 Å². The molecule has 1 radical (unpaired) electrons. The molecule has 25 heavy (non-hydrogen) atoms. The van der Waals surface area contributed by atoms with Crippen LogP contribution in [0.4, 0.5) is 0 Å². The van der Waals surface area contributed by atoms with Crippen LogP contribution in [-0.2, 0) is 0 Å². The summed E-state index contributed by atoms with van der Waals surface area (Å²) < 4.78 is 5.75. The molecule has 0 aliphatic carbocycles. The molecule has 0 saturated carbocycles. The van der Waals surface area contributed by atoms with Crippen molar-refractivity contribution in [3.63, 3.8) is 0 Å². The summed E-state index contributed by atoms with van der Waals surface area (Å²) in [5, 5.41) is 0. The van der Waals surface area contributed by atoms with Gasteiger partial charge in [-0.05, 0) is 18.4 Å². The third-order valence-electron chi connectivity index (χ3n) is 4.40. The van der Waals surface area contributed by atoms with E-state index < -0.39 is 0 Å². The van der Waals surface area contributed by atoms with Crippen molar-refractivity contribution in [2.24, 2.45) is 0 Å². The van der Waals surface area contributed by atoms with Gasteiger partial charge in [0.05, 0.1) is 19.0 Å². The summed E-state index contributed by atoms with van der Waals surface area (Å²) in [6.45, 7) is 5.04. The Balaban J connectivity index is 1.65. The lowest BCUT2D eigenvalue weighted by molar-refractivity contribution is 0.302. The van der Waals surface area contributed by atoms with Crippen LogP contribution in [-0.4, -0.2) is 16.6 Å². The molecule has 135 valence electrons. The number of aromatic nitrogens is 2. The maximum Gasteiger partial charge on any atom is 0.159 e. The number of hydrogen-bond acceptors (Lipinski definition) is 3. The van der Waals surface area contributed by atoms with Crippen LogP contribution < -0.4 is 4.74 Å². The second-order valence-corrected chi connectivity index (χ2v) is 6.48. The Hall–Kier alpha value is -1.90. The molecule has 0 saturated heterocycles. The Morgan fingerprint density at radius 3 is 2.04 bits per heavy atom. The molecule has 0 bridgehead atoms. The van der Waals surface area contributed by atoms with Gasteiger partial charge in [0.25, 0.3) is 0 Å². The SMILES string of the molecule is C[CH]c1ccc(-c2ncc(OCCCCCCCCCC)cn2)cc1. The van der Waals surface area contributed by atoms with Crippen molar-refractivity contribution >= 4 is 0 Å². The second-order valence-electron chi connectivity index (χ2n) is 6.48. The van der Waals surface area contributed by atoms with E-state index in [4.69, 9.17) is 4.74 Å². The number of hydrogen-bond donors (Lipinski definition) is 0. The van der Waals surface area contributed by atoms with Crippen LogP contribution in [0.5, 0.6) is 5.75 Å². The molecule has 0 unspecified atom stereocenters. The fraction of sp³-hybridized carbons (Fsp3) is 0.500. The lowest BCUT2D eigenvalue weighted by Gasteiger charge is -2.07. The van der Waals surface area contributed by atoms with Crippen molar-refractivity contribution in [1.82, 2.24) is 9.97 Å². The fourth-order valence-corrected chi connectivity index (χ4v) is 2.79. The smallest absolute Gasteiger partial charge is 0.159 e. The van der Waals surface area contributed by atoms with Gasteiger partial charge in [0.1, 0.15) is 0 Å². The molecule has 2 rings (SSSR count). The van der Waals surface area contributed by atoms with Gasteiger partial charge in [-0.25, -0.2) is 9.97 Å².